The normalized spacial score (nSPS) is 22.7. The van der Waals surface area contributed by atoms with Gasteiger partial charge < -0.3 is 9.64 Å². The van der Waals surface area contributed by atoms with Gasteiger partial charge in [-0.15, -0.1) is 0 Å². The van der Waals surface area contributed by atoms with Crippen LogP contribution in [0.5, 0.6) is 5.75 Å². The second-order valence-corrected chi connectivity index (χ2v) is 9.32. The van der Waals surface area contributed by atoms with E-state index in [0.29, 0.717) is 24.3 Å². The van der Waals surface area contributed by atoms with Crippen LogP contribution in [0.1, 0.15) is 29.0 Å². The van der Waals surface area contributed by atoms with Gasteiger partial charge in [0.05, 0.1) is 13.5 Å². The summed E-state index contributed by atoms with van der Waals surface area (Å²) in [6.07, 6.45) is 1.52. The molecule has 3 aromatic rings. The predicted molar refractivity (Wildman–Crippen MR) is 131 cm³/mol. The first kappa shape index (κ1) is 21.7. The van der Waals surface area contributed by atoms with E-state index < -0.39 is 0 Å². The lowest BCUT2D eigenvalue weighted by atomic mass is 9.81. The first-order valence-electron chi connectivity index (χ1n) is 11.9. The average Bonchev–Trinajstić information content (AvgIpc) is 3.23. The number of hydrogen-bond acceptors (Lipinski definition) is 3. The summed E-state index contributed by atoms with van der Waals surface area (Å²) in [4.78, 5) is 17.9. The van der Waals surface area contributed by atoms with Crippen LogP contribution in [-0.4, -0.2) is 48.5 Å². The van der Waals surface area contributed by atoms with Crippen molar-refractivity contribution >= 4 is 5.91 Å². The van der Waals surface area contributed by atoms with Crippen LogP contribution in [0, 0.1) is 5.92 Å². The van der Waals surface area contributed by atoms with Gasteiger partial charge in [-0.25, -0.2) is 0 Å². The smallest absolute Gasteiger partial charge is 0.227 e. The molecule has 2 heterocycles. The van der Waals surface area contributed by atoms with E-state index >= 15 is 0 Å². The lowest BCUT2D eigenvalue weighted by molar-refractivity contribution is -0.132. The second kappa shape index (κ2) is 9.80. The number of carbonyl (C=O) groups is 1. The number of piperidine rings is 1. The third kappa shape index (κ3) is 4.81. The van der Waals surface area contributed by atoms with Crippen molar-refractivity contribution in [1.29, 1.82) is 0 Å². The van der Waals surface area contributed by atoms with Crippen LogP contribution in [0.4, 0.5) is 0 Å². The van der Waals surface area contributed by atoms with Crippen LogP contribution in [0.15, 0.2) is 84.9 Å². The highest BCUT2D eigenvalue weighted by Crippen LogP contribution is 2.42. The Kier molecular flexibility index (Phi) is 6.45. The summed E-state index contributed by atoms with van der Waals surface area (Å²) in [5.41, 5.74) is 3.79. The van der Waals surface area contributed by atoms with E-state index in [1.807, 2.05) is 30.3 Å². The highest BCUT2D eigenvalue weighted by Gasteiger charge is 2.45. The van der Waals surface area contributed by atoms with Gasteiger partial charge in [-0.05, 0) is 35.2 Å². The first-order valence-corrected chi connectivity index (χ1v) is 11.9. The number of carbonyl (C=O) groups excluding carboxylic acids is 1. The minimum Gasteiger partial charge on any atom is -0.497 e. The molecular formula is C29H32N2O2. The molecule has 1 amide bonds. The summed E-state index contributed by atoms with van der Waals surface area (Å²) in [5.74, 6) is 1.99. The van der Waals surface area contributed by atoms with E-state index in [1.54, 1.807) is 7.11 Å². The molecule has 2 saturated heterocycles. The minimum atomic E-state index is 0.245. The van der Waals surface area contributed by atoms with Gasteiger partial charge in [0.25, 0.3) is 0 Å². The molecule has 0 aromatic heterocycles. The topological polar surface area (TPSA) is 32.8 Å². The third-order valence-corrected chi connectivity index (χ3v) is 7.36. The Morgan fingerprint density at radius 2 is 1.55 bits per heavy atom. The molecule has 33 heavy (non-hydrogen) atoms. The lowest BCUT2D eigenvalue weighted by Crippen LogP contribution is -2.48. The summed E-state index contributed by atoms with van der Waals surface area (Å²) in [6, 6.07) is 29.9. The maximum atomic E-state index is 13.2. The maximum Gasteiger partial charge on any atom is 0.227 e. The fraction of sp³-hybridized carbons (Fsp3) is 0.345. The Labute approximate surface area is 196 Å². The number of methoxy groups -OCH3 is 1. The maximum absolute atomic E-state index is 13.2. The molecule has 0 unspecified atom stereocenters. The Bertz CT molecular complexity index is 1050. The van der Waals surface area contributed by atoms with Crippen molar-refractivity contribution in [3.63, 3.8) is 0 Å². The fourth-order valence-corrected chi connectivity index (χ4v) is 5.65. The molecular weight excluding hydrogens is 408 g/mol. The number of benzene rings is 3. The molecule has 0 N–H and O–H groups in total. The van der Waals surface area contributed by atoms with E-state index in [0.717, 1.165) is 43.9 Å². The average molecular weight is 441 g/mol. The van der Waals surface area contributed by atoms with Crippen molar-refractivity contribution in [2.45, 2.75) is 31.3 Å². The van der Waals surface area contributed by atoms with Crippen molar-refractivity contribution in [2.75, 3.05) is 26.7 Å². The number of rotatable bonds is 6. The van der Waals surface area contributed by atoms with Crippen LogP contribution in [0.3, 0.4) is 0 Å². The van der Waals surface area contributed by atoms with Crippen molar-refractivity contribution in [2.24, 2.45) is 5.92 Å². The van der Waals surface area contributed by atoms with E-state index in [2.05, 4.69) is 64.4 Å². The van der Waals surface area contributed by atoms with E-state index in [1.165, 1.54) is 11.1 Å². The molecule has 0 saturated carbocycles. The van der Waals surface area contributed by atoms with Gasteiger partial charge in [0.2, 0.25) is 5.91 Å². The third-order valence-electron chi connectivity index (χ3n) is 7.36. The molecule has 0 bridgehead atoms. The molecule has 4 heteroatoms. The molecule has 2 fully saturated rings. The standard InChI is InChI=1S/C29H32N2O2/c1-33-25-14-12-24(13-15-25)26-20-31(19-23-10-6-3-7-11-23)28-16-17-30(21-27(26)28)29(32)18-22-8-4-2-5-9-22/h2-15,26-28H,16-21H2,1H3/t26-,27-,28-/m1/s1. The molecule has 2 aliphatic heterocycles. The van der Waals surface area contributed by atoms with Crippen LogP contribution in [0.2, 0.25) is 0 Å². The van der Waals surface area contributed by atoms with Gasteiger partial charge in [-0.2, -0.15) is 0 Å². The number of amides is 1. The van der Waals surface area contributed by atoms with E-state index in [4.69, 9.17) is 4.74 Å². The fourth-order valence-electron chi connectivity index (χ4n) is 5.65. The zero-order valence-corrected chi connectivity index (χ0v) is 19.3. The molecule has 5 rings (SSSR count). The highest BCUT2D eigenvalue weighted by atomic mass is 16.5. The Morgan fingerprint density at radius 3 is 2.21 bits per heavy atom. The van der Waals surface area contributed by atoms with Crippen molar-refractivity contribution in [3.8, 4) is 5.75 Å². The second-order valence-electron chi connectivity index (χ2n) is 9.32. The first-order chi connectivity index (χ1) is 16.2. The van der Waals surface area contributed by atoms with Crippen LogP contribution >= 0.6 is 0 Å². The lowest BCUT2D eigenvalue weighted by Gasteiger charge is -2.39. The van der Waals surface area contributed by atoms with Gasteiger partial charge in [-0.3, -0.25) is 9.69 Å². The van der Waals surface area contributed by atoms with Gasteiger partial charge in [0.15, 0.2) is 0 Å². The van der Waals surface area contributed by atoms with Crippen molar-refractivity contribution in [1.82, 2.24) is 9.80 Å². The molecule has 4 nitrogen and oxygen atoms in total. The summed E-state index contributed by atoms with van der Waals surface area (Å²) < 4.78 is 5.38. The summed E-state index contributed by atoms with van der Waals surface area (Å²) in [5, 5.41) is 0. The van der Waals surface area contributed by atoms with Gasteiger partial charge >= 0.3 is 0 Å². The molecule has 2 aliphatic rings. The monoisotopic (exact) mass is 440 g/mol. The summed E-state index contributed by atoms with van der Waals surface area (Å²) >= 11 is 0. The largest absolute Gasteiger partial charge is 0.497 e. The van der Waals surface area contributed by atoms with Gasteiger partial charge in [-0.1, -0.05) is 72.8 Å². The number of nitrogens with zero attached hydrogens (tertiary/aromatic N) is 2. The molecule has 3 atom stereocenters. The van der Waals surface area contributed by atoms with Crippen LogP contribution in [-0.2, 0) is 17.8 Å². The highest BCUT2D eigenvalue weighted by molar-refractivity contribution is 5.79. The minimum absolute atomic E-state index is 0.245. The molecule has 0 spiro atoms. The number of ether oxygens (including phenoxy) is 1. The van der Waals surface area contributed by atoms with Crippen LogP contribution < -0.4 is 4.74 Å². The summed E-state index contributed by atoms with van der Waals surface area (Å²) in [7, 11) is 1.71. The van der Waals surface area contributed by atoms with Crippen LogP contribution in [0.25, 0.3) is 0 Å². The number of fused-ring (bicyclic) bond motifs is 1. The Morgan fingerprint density at radius 1 is 0.879 bits per heavy atom. The van der Waals surface area contributed by atoms with Gasteiger partial charge in [0.1, 0.15) is 5.75 Å². The molecule has 170 valence electrons. The zero-order chi connectivity index (χ0) is 22.6. The Hall–Kier alpha value is -3.11. The van der Waals surface area contributed by atoms with E-state index in [-0.39, 0.29) is 5.91 Å². The zero-order valence-electron chi connectivity index (χ0n) is 19.3. The molecule has 0 aliphatic carbocycles. The Balaban J connectivity index is 1.36. The SMILES string of the molecule is COc1ccc([C@H]2CN(Cc3ccccc3)[C@@H]3CCN(C(=O)Cc4ccccc4)C[C@H]23)cc1. The van der Waals surface area contributed by atoms with Crippen molar-refractivity contribution in [3.05, 3.63) is 102 Å². The summed E-state index contributed by atoms with van der Waals surface area (Å²) in [6.45, 7) is 3.66. The number of hydrogen-bond donors (Lipinski definition) is 0. The molecule has 0 radical (unpaired) electrons. The van der Waals surface area contributed by atoms with Gasteiger partial charge in [0, 0.05) is 44.1 Å². The molecule has 3 aromatic carbocycles. The predicted octanol–water partition coefficient (Wildman–Crippen LogP) is 4.75. The van der Waals surface area contributed by atoms with E-state index in [9.17, 15) is 4.79 Å². The van der Waals surface area contributed by atoms with Crippen molar-refractivity contribution < 1.29 is 9.53 Å². The quantitative estimate of drug-likeness (QED) is 0.554. The number of likely N-dealkylation sites (tertiary alicyclic amines) is 2.